The van der Waals surface area contributed by atoms with Crippen LogP contribution < -0.4 is 5.73 Å². The molecular weight excluding hydrogens is 322 g/mol. The molecule has 0 atom stereocenters. The van der Waals surface area contributed by atoms with Gasteiger partial charge in [0.25, 0.3) is 0 Å². The van der Waals surface area contributed by atoms with Crippen molar-refractivity contribution in [1.82, 2.24) is 0 Å². The van der Waals surface area contributed by atoms with Gasteiger partial charge in [0.15, 0.2) is 0 Å². The van der Waals surface area contributed by atoms with Gasteiger partial charge < -0.3 is 5.73 Å². The molecule has 0 amide bonds. The molecule has 0 aliphatic heterocycles. The van der Waals surface area contributed by atoms with E-state index in [0.717, 1.165) is 9.35 Å². The fraction of sp³-hybridized carbons (Fsp3) is 0.0833. The minimum atomic E-state index is -0.0962. The van der Waals surface area contributed by atoms with Crippen molar-refractivity contribution >= 4 is 50.3 Å². The Bertz CT molecular complexity index is 575. The van der Waals surface area contributed by atoms with Gasteiger partial charge in [0.1, 0.15) is 0 Å². The van der Waals surface area contributed by atoms with Crippen molar-refractivity contribution < 1.29 is 4.79 Å². The summed E-state index contributed by atoms with van der Waals surface area (Å²) in [5, 5.41) is 0.423. The lowest BCUT2D eigenvalue weighted by molar-refractivity contribution is 0.104. The molecule has 1 aromatic carbocycles. The van der Waals surface area contributed by atoms with Crippen LogP contribution in [0.2, 0.25) is 5.02 Å². The van der Waals surface area contributed by atoms with Gasteiger partial charge in [0.2, 0.25) is 5.78 Å². The van der Waals surface area contributed by atoms with E-state index in [9.17, 15) is 4.79 Å². The average molecular weight is 331 g/mol. The number of nitrogens with two attached hydrogens (primary N) is 1. The molecule has 0 saturated heterocycles. The number of aryl methyl sites for hydroxylation is 1. The maximum atomic E-state index is 12.2. The molecule has 2 N–H and O–H groups in total. The third-order valence-corrected chi connectivity index (χ3v) is 4.78. The highest BCUT2D eigenvalue weighted by molar-refractivity contribution is 9.10. The van der Waals surface area contributed by atoms with E-state index in [4.69, 9.17) is 17.3 Å². The molecule has 2 aromatic rings. The number of nitrogen functional groups attached to an aromatic ring is 1. The number of hydrogen-bond donors (Lipinski definition) is 1. The Morgan fingerprint density at radius 2 is 2.12 bits per heavy atom. The molecule has 1 heterocycles. The molecular formula is C12H9BrClNOS. The van der Waals surface area contributed by atoms with Gasteiger partial charge >= 0.3 is 0 Å². The molecule has 2 rings (SSSR count). The molecule has 0 aliphatic carbocycles. The number of thiophene rings is 1. The number of carbonyl (C=O) groups excluding carboxylic acids is 1. The van der Waals surface area contributed by atoms with E-state index < -0.39 is 0 Å². The summed E-state index contributed by atoms with van der Waals surface area (Å²) < 4.78 is 0.936. The molecule has 0 aliphatic rings. The van der Waals surface area contributed by atoms with E-state index in [1.165, 1.54) is 11.3 Å². The summed E-state index contributed by atoms with van der Waals surface area (Å²) in [6.07, 6.45) is 0. The Morgan fingerprint density at radius 3 is 2.71 bits per heavy atom. The van der Waals surface area contributed by atoms with Crippen molar-refractivity contribution in [3.05, 3.63) is 49.1 Å². The van der Waals surface area contributed by atoms with Crippen molar-refractivity contribution in [2.24, 2.45) is 0 Å². The molecule has 0 saturated carbocycles. The zero-order chi connectivity index (χ0) is 12.6. The molecule has 0 spiro atoms. The van der Waals surface area contributed by atoms with Crippen molar-refractivity contribution in [1.29, 1.82) is 0 Å². The van der Waals surface area contributed by atoms with E-state index >= 15 is 0 Å². The molecule has 17 heavy (non-hydrogen) atoms. The number of benzene rings is 1. The SMILES string of the molecule is Cc1sc(C(=O)c2cc(N)ccc2Cl)cc1Br. The van der Waals surface area contributed by atoms with E-state index in [1.807, 2.05) is 13.0 Å². The number of ketones is 1. The van der Waals surface area contributed by atoms with Crippen LogP contribution in [0.1, 0.15) is 20.1 Å². The van der Waals surface area contributed by atoms with Crippen LogP contribution in [0.25, 0.3) is 0 Å². The first-order valence-electron chi connectivity index (χ1n) is 4.84. The van der Waals surface area contributed by atoms with Crippen LogP contribution in [-0.2, 0) is 0 Å². The van der Waals surface area contributed by atoms with Crippen LogP contribution in [0.15, 0.2) is 28.7 Å². The highest BCUT2D eigenvalue weighted by Crippen LogP contribution is 2.30. The zero-order valence-corrected chi connectivity index (χ0v) is 12.1. The number of anilines is 1. The highest BCUT2D eigenvalue weighted by Gasteiger charge is 2.16. The molecule has 0 fully saturated rings. The topological polar surface area (TPSA) is 43.1 Å². The predicted octanol–water partition coefficient (Wildman–Crippen LogP) is 4.29. The van der Waals surface area contributed by atoms with E-state index in [0.29, 0.717) is 21.2 Å². The summed E-state index contributed by atoms with van der Waals surface area (Å²) >= 11 is 10.8. The second-order valence-corrected chi connectivity index (χ2v) is 6.10. The fourth-order valence-corrected chi connectivity index (χ4v) is 3.11. The van der Waals surface area contributed by atoms with Crippen LogP contribution in [0.3, 0.4) is 0 Å². The number of hydrogen-bond acceptors (Lipinski definition) is 3. The largest absolute Gasteiger partial charge is 0.399 e. The Labute approximate surface area is 117 Å². The lowest BCUT2D eigenvalue weighted by Crippen LogP contribution is -2.00. The van der Waals surface area contributed by atoms with Crippen molar-refractivity contribution in [3.63, 3.8) is 0 Å². The maximum Gasteiger partial charge on any atom is 0.204 e. The zero-order valence-electron chi connectivity index (χ0n) is 8.96. The van der Waals surface area contributed by atoms with E-state index in [-0.39, 0.29) is 5.78 Å². The number of carbonyl (C=O) groups is 1. The molecule has 1 aromatic heterocycles. The Kier molecular flexibility index (Phi) is 3.56. The lowest BCUT2D eigenvalue weighted by Gasteiger charge is -2.02. The smallest absolute Gasteiger partial charge is 0.204 e. The van der Waals surface area contributed by atoms with Gasteiger partial charge in [-0.1, -0.05) is 11.6 Å². The minimum absolute atomic E-state index is 0.0962. The van der Waals surface area contributed by atoms with Gasteiger partial charge in [-0.3, -0.25) is 4.79 Å². The number of halogens is 2. The van der Waals surface area contributed by atoms with Crippen LogP contribution in [-0.4, -0.2) is 5.78 Å². The fourth-order valence-electron chi connectivity index (χ4n) is 1.42. The second kappa shape index (κ2) is 4.80. The highest BCUT2D eigenvalue weighted by atomic mass is 79.9. The second-order valence-electron chi connectivity index (χ2n) is 3.58. The maximum absolute atomic E-state index is 12.2. The lowest BCUT2D eigenvalue weighted by atomic mass is 10.1. The summed E-state index contributed by atoms with van der Waals surface area (Å²) in [7, 11) is 0. The van der Waals surface area contributed by atoms with Gasteiger partial charge in [-0.05, 0) is 47.1 Å². The first kappa shape index (κ1) is 12.6. The third-order valence-electron chi connectivity index (χ3n) is 2.32. The predicted molar refractivity (Wildman–Crippen MR) is 76.1 cm³/mol. The van der Waals surface area contributed by atoms with Gasteiger partial charge in [-0.25, -0.2) is 0 Å². The third kappa shape index (κ3) is 2.54. The molecule has 0 bridgehead atoms. The summed E-state index contributed by atoms with van der Waals surface area (Å²) in [5.41, 5.74) is 6.64. The molecule has 5 heteroatoms. The van der Waals surface area contributed by atoms with Crippen LogP contribution in [0.5, 0.6) is 0 Å². The average Bonchev–Trinajstić information content (AvgIpc) is 2.62. The Hall–Kier alpha value is -0.840. The van der Waals surface area contributed by atoms with E-state index in [2.05, 4.69) is 15.9 Å². The first-order chi connectivity index (χ1) is 7.99. The molecule has 2 nitrogen and oxygen atoms in total. The van der Waals surface area contributed by atoms with Crippen LogP contribution in [0, 0.1) is 6.92 Å². The Balaban J connectivity index is 2.47. The van der Waals surface area contributed by atoms with E-state index in [1.54, 1.807) is 18.2 Å². The van der Waals surface area contributed by atoms with Crippen molar-refractivity contribution in [2.45, 2.75) is 6.92 Å². The van der Waals surface area contributed by atoms with Crippen molar-refractivity contribution in [2.75, 3.05) is 5.73 Å². The van der Waals surface area contributed by atoms with Gasteiger partial charge in [-0.15, -0.1) is 11.3 Å². The monoisotopic (exact) mass is 329 g/mol. The van der Waals surface area contributed by atoms with Gasteiger partial charge in [-0.2, -0.15) is 0 Å². The van der Waals surface area contributed by atoms with Gasteiger partial charge in [0.05, 0.1) is 9.90 Å². The van der Waals surface area contributed by atoms with Crippen LogP contribution >= 0.6 is 38.9 Å². The molecule has 88 valence electrons. The standard InChI is InChI=1S/C12H9BrClNOS/c1-6-9(13)5-11(17-6)12(16)8-4-7(15)2-3-10(8)14/h2-5H,15H2,1H3. The molecule has 0 unspecified atom stereocenters. The van der Waals surface area contributed by atoms with Gasteiger partial charge in [0, 0.05) is 20.6 Å². The first-order valence-corrected chi connectivity index (χ1v) is 6.83. The summed E-state index contributed by atoms with van der Waals surface area (Å²) in [4.78, 5) is 14.0. The summed E-state index contributed by atoms with van der Waals surface area (Å²) in [6.45, 7) is 1.95. The number of rotatable bonds is 2. The summed E-state index contributed by atoms with van der Waals surface area (Å²) in [6, 6.07) is 6.73. The molecule has 0 radical (unpaired) electrons. The normalized spacial score (nSPS) is 10.5. The van der Waals surface area contributed by atoms with Crippen LogP contribution in [0.4, 0.5) is 5.69 Å². The minimum Gasteiger partial charge on any atom is -0.399 e. The quantitative estimate of drug-likeness (QED) is 0.659. The van der Waals surface area contributed by atoms with Crippen molar-refractivity contribution in [3.8, 4) is 0 Å². The Morgan fingerprint density at radius 1 is 1.41 bits per heavy atom. The summed E-state index contributed by atoms with van der Waals surface area (Å²) in [5.74, 6) is -0.0962.